The van der Waals surface area contributed by atoms with E-state index in [0.717, 1.165) is 19.3 Å². The Labute approximate surface area is 117 Å². The highest BCUT2D eigenvalue weighted by Crippen LogP contribution is 2.14. The van der Waals surface area contributed by atoms with Gasteiger partial charge in [-0.3, -0.25) is 0 Å². The number of unbranched alkanes of at least 4 members (excludes halogenated alkanes) is 1. The first-order valence-electron chi connectivity index (χ1n) is 7.01. The van der Waals surface area contributed by atoms with E-state index in [0.29, 0.717) is 12.5 Å². The monoisotopic (exact) mass is 283 g/mol. The van der Waals surface area contributed by atoms with Crippen molar-refractivity contribution in [3.63, 3.8) is 0 Å². The molecule has 0 unspecified atom stereocenters. The normalized spacial score (nSPS) is 12.0. The first-order valence-corrected chi connectivity index (χ1v) is 8.66. The number of hydrogen-bond donors (Lipinski definition) is 1. The van der Waals surface area contributed by atoms with Gasteiger partial charge in [-0.05, 0) is 29.9 Å². The average molecular weight is 283 g/mol. The molecule has 0 atom stereocenters. The topological polar surface area (TPSA) is 46.2 Å². The summed E-state index contributed by atoms with van der Waals surface area (Å²) in [5.41, 5.74) is 2.48. The summed E-state index contributed by atoms with van der Waals surface area (Å²) in [5.74, 6) is 0.761. The predicted octanol–water partition coefficient (Wildman–Crippen LogP) is 3.07. The van der Waals surface area contributed by atoms with Crippen LogP contribution in [0, 0.1) is 0 Å². The van der Waals surface area contributed by atoms with E-state index < -0.39 is 10.0 Å². The quantitative estimate of drug-likeness (QED) is 0.797. The lowest BCUT2D eigenvalue weighted by atomic mass is 10.0. The van der Waals surface area contributed by atoms with E-state index in [1.807, 2.05) is 6.92 Å². The molecule has 108 valence electrons. The molecule has 1 rings (SSSR count). The lowest BCUT2D eigenvalue weighted by Gasteiger charge is -2.08. The van der Waals surface area contributed by atoms with Crippen molar-refractivity contribution in [2.75, 3.05) is 12.3 Å². The number of hydrogen-bond acceptors (Lipinski definition) is 2. The minimum absolute atomic E-state index is 0.232. The van der Waals surface area contributed by atoms with Gasteiger partial charge in [-0.1, -0.05) is 51.5 Å². The van der Waals surface area contributed by atoms with Crippen LogP contribution in [0.3, 0.4) is 0 Å². The van der Waals surface area contributed by atoms with E-state index in [9.17, 15) is 8.42 Å². The Bertz CT molecular complexity index is 463. The van der Waals surface area contributed by atoms with Crippen LogP contribution < -0.4 is 4.72 Å². The molecule has 0 saturated carbocycles. The molecule has 0 heterocycles. The third-order valence-corrected chi connectivity index (χ3v) is 4.62. The van der Waals surface area contributed by atoms with Gasteiger partial charge in [0, 0.05) is 6.54 Å². The van der Waals surface area contributed by atoms with E-state index in [4.69, 9.17) is 0 Å². The van der Waals surface area contributed by atoms with Gasteiger partial charge >= 0.3 is 0 Å². The van der Waals surface area contributed by atoms with E-state index in [-0.39, 0.29) is 5.75 Å². The summed E-state index contributed by atoms with van der Waals surface area (Å²) in [7, 11) is -3.09. The van der Waals surface area contributed by atoms with Crippen molar-refractivity contribution < 1.29 is 8.42 Å². The molecule has 0 aliphatic heterocycles. The van der Waals surface area contributed by atoms with Gasteiger partial charge in [-0.25, -0.2) is 13.1 Å². The van der Waals surface area contributed by atoms with Gasteiger partial charge in [0.2, 0.25) is 10.0 Å². The molecule has 0 amide bonds. The summed E-state index contributed by atoms with van der Waals surface area (Å²) in [6.07, 6.45) is 2.36. The minimum Gasteiger partial charge on any atom is -0.215 e. The number of nitrogens with one attached hydrogen (secondary N) is 1. The summed E-state index contributed by atoms with van der Waals surface area (Å²) in [6.45, 7) is 6.80. The molecule has 0 saturated heterocycles. The fourth-order valence-corrected chi connectivity index (χ4v) is 3.05. The zero-order valence-electron chi connectivity index (χ0n) is 12.1. The summed E-state index contributed by atoms with van der Waals surface area (Å²) < 4.78 is 25.9. The molecule has 1 N–H and O–H groups in total. The van der Waals surface area contributed by atoms with Crippen LogP contribution in [-0.4, -0.2) is 20.7 Å². The van der Waals surface area contributed by atoms with E-state index in [1.54, 1.807) is 0 Å². The second-order valence-electron chi connectivity index (χ2n) is 5.21. The van der Waals surface area contributed by atoms with Crippen molar-refractivity contribution in [1.29, 1.82) is 0 Å². The number of benzene rings is 1. The highest BCUT2D eigenvalue weighted by Gasteiger charge is 2.08. The van der Waals surface area contributed by atoms with Crippen LogP contribution in [0.5, 0.6) is 0 Å². The molecule has 1 aromatic carbocycles. The van der Waals surface area contributed by atoms with Gasteiger partial charge in [0.05, 0.1) is 5.75 Å². The van der Waals surface area contributed by atoms with Crippen LogP contribution in [0.15, 0.2) is 24.3 Å². The van der Waals surface area contributed by atoms with E-state index in [1.165, 1.54) is 11.1 Å². The van der Waals surface area contributed by atoms with E-state index in [2.05, 4.69) is 42.8 Å². The zero-order chi connectivity index (χ0) is 14.3. The fourth-order valence-electron chi connectivity index (χ4n) is 1.83. The molecule has 0 spiro atoms. The number of sulfonamides is 1. The summed E-state index contributed by atoms with van der Waals surface area (Å²) >= 11 is 0. The van der Waals surface area contributed by atoms with Crippen molar-refractivity contribution in [2.24, 2.45) is 0 Å². The standard InChI is InChI=1S/C15H25NO2S/c1-4-5-12-19(17,18)16-11-10-14-6-8-15(9-7-14)13(2)3/h6-9,13,16H,4-5,10-12H2,1-3H3. The second kappa shape index (κ2) is 7.65. The maximum atomic E-state index is 11.6. The van der Waals surface area contributed by atoms with Crippen LogP contribution in [0.25, 0.3) is 0 Å². The summed E-state index contributed by atoms with van der Waals surface area (Å²) in [5, 5.41) is 0. The van der Waals surface area contributed by atoms with Crippen molar-refractivity contribution in [3.05, 3.63) is 35.4 Å². The van der Waals surface area contributed by atoms with E-state index >= 15 is 0 Å². The Morgan fingerprint density at radius 2 is 1.79 bits per heavy atom. The van der Waals surface area contributed by atoms with Crippen molar-refractivity contribution >= 4 is 10.0 Å². The van der Waals surface area contributed by atoms with Gasteiger partial charge in [-0.15, -0.1) is 0 Å². The van der Waals surface area contributed by atoms with Gasteiger partial charge in [0.25, 0.3) is 0 Å². The Balaban J connectivity index is 2.41. The van der Waals surface area contributed by atoms with Crippen LogP contribution >= 0.6 is 0 Å². The minimum atomic E-state index is -3.09. The second-order valence-corrected chi connectivity index (χ2v) is 7.14. The van der Waals surface area contributed by atoms with Gasteiger partial charge in [0.15, 0.2) is 0 Å². The lowest BCUT2D eigenvalue weighted by Crippen LogP contribution is -2.28. The first-order chi connectivity index (χ1) is 8.94. The van der Waals surface area contributed by atoms with Gasteiger partial charge < -0.3 is 0 Å². The van der Waals surface area contributed by atoms with Crippen LogP contribution in [0.4, 0.5) is 0 Å². The molecular weight excluding hydrogens is 258 g/mol. The molecule has 0 aromatic heterocycles. The summed E-state index contributed by atoms with van der Waals surface area (Å²) in [4.78, 5) is 0. The largest absolute Gasteiger partial charge is 0.215 e. The van der Waals surface area contributed by atoms with Crippen LogP contribution in [0.1, 0.15) is 50.7 Å². The molecule has 0 radical (unpaired) electrons. The molecule has 1 aromatic rings. The lowest BCUT2D eigenvalue weighted by molar-refractivity contribution is 0.578. The average Bonchev–Trinajstić information content (AvgIpc) is 2.37. The highest BCUT2D eigenvalue weighted by atomic mass is 32.2. The predicted molar refractivity (Wildman–Crippen MR) is 80.9 cm³/mol. The zero-order valence-corrected chi connectivity index (χ0v) is 13.0. The maximum Gasteiger partial charge on any atom is 0.211 e. The SMILES string of the molecule is CCCCS(=O)(=O)NCCc1ccc(C(C)C)cc1. The van der Waals surface area contributed by atoms with Gasteiger partial charge in [-0.2, -0.15) is 0 Å². The van der Waals surface area contributed by atoms with Crippen LogP contribution in [0.2, 0.25) is 0 Å². The summed E-state index contributed by atoms with van der Waals surface area (Å²) in [6, 6.07) is 8.39. The van der Waals surface area contributed by atoms with Crippen molar-refractivity contribution in [3.8, 4) is 0 Å². The van der Waals surface area contributed by atoms with Crippen LogP contribution in [-0.2, 0) is 16.4 Å². The Kier molecular flexibility index (Phi) is 6.52. The Hall–Kier alpha value is -0.870. The third-order valence-electron chi connectivity index (χ3n) is 3.15. The molecule has 3 nitrogen and oxygen atoms in total. The van der Waals surface area contributed by atoms with Gasteiger partial charge in [0.1, 0.15) is 0 Å². The number of rotatable bonds is 8. The fraction of sp³-hybridized carbons (Fsp3) is 0.600. The van der Waals surface area contributed by atoms with Crippen molar-refractivity contribution in [2.45, 2.75) is 46.0 Å². The molecular formula is C15H25NO2S. The third kappa shape index (κ3) is 6.21. The maximum absolute atomic E-state index is 11.6. The smallest absolute Gasteiger partial charge is 0.211 e. The molecule has 4 heteroatoms. The van der Waals surface area contributed by atoms with Crippen molar-refractivity contribution in [1.82, 2.24) is 4.72 Å². The molecule has 0 aliphatic carbocycles. The Morgan fingerprint density at radius 3 is 2.32 bits per heavy atom. The first kappa shape index (κ1) is 16.2. The molecule has 19 heavy (non-hydrogen) atoms. The molecule has 0 fully saturated rings. The molecule has 0 aliphatic rings. The molecule has 0 bridgehead atoms. The highest BCUT2D eigenvalue weighted by molar-refractivity contribution is 7.89. The Morgan fingerprint density at radius 1 is 1.16 bits per heavy atom.